The highest BCUT2D eigenvalue weighted by Gasteiger charge is 2.23. The van der Waals surface area contributed by atoms with Crippen LogP contribution in [0, 0.1) is 0 Å². The van der Waals surface area contributed by atoms with Gasteiger partial charge in [0.15, 0.2) is 0 Å². The van der Waals surface area contributed by atoms with E-state index in [2.05, 4.69) is 17.1 Å². The number of nitrogens with one attached hydrogen (secondary N) is 1. The van der Waals surface area contributed by atoms with Gasteiger partial charge in [0, 0.05) is 42.5 Å². The van der Waals surface area contributed by atoms with Crippen molar-refractivity contribution in [2.24, 2.45) is 0 Å². The van der Waals surface area contributed by atoms with Gasteiger partial charge in [0.05, 0.1) is 23.7 Å². The average molecular weight is 526 g/mol. The number of nitrogens with zero attached hydrogens (tertiary/aromatic N) is 2. The Labute approximate surface area is 221 Å². The molecule has 0 unspecified atom stereocenters. The zero-order valence-corrected chi connectivity index (χ0v) is 21.7. The molecule has 0 spiro atoms. The standard InChI is InChI=1S/C28H29Cl2N3O3/c1-2-17-36-24-10-5-21(6-11-24)28(35)33-15-13-32(14-16-33)26-12-9-23(19-25(26)30)31-27(34)18-20-3-7-22(29)8-4-20/h3-12,19H,2,13-18H2,1H3,(H,31,34). The normalized spacial score (nSPS) is 13.4. The quantitative estimate of drug-likeness (QED) is 0.396. The van der Waals surface area contributed by atoms with E-state index in [0.29, 0.717) is 54.1 Å². The third kappa shape index (κ3) is 6.71. The fourth-order valence-corrected chi connectivity index (χ4v) is 4.51. The van der Waals surface area contributed by atoms with Gasteiger partial charge in [-0.1, -0.05) is 42.3 Å². The summed E-state index contributed by atoms with van der Waals surface area (Å²) >= 11 is 12.5. The van der Waals surface area contributed by atoms with Gasteiger partial charge in [0.25, 0.3) is 5.91 Å². The summed E-state index contributed by atoms with van der Waals surface area (Å²) in [7, 11) is 0. The predicted octanol–water partition coefficient (Wildman–Crippen LogP) is 5.93. The molecule has 0 aromatic heterocycles. The highest BCUT2D eigenvalue weighted by Crippen LogP contribution is 2.30. The van der Waals surface area contributed by atoms with Gasteiger partial charge in [-0.25, -0.2) is 0 Å². The number of amides is 2. The maximum Gasteiger partial charge on any atom is 0.253 e. The Kier molecular flexibility index (Phi) is 8.73. The van der Waals surface area contributed by atoms with Crippen LogP contribution in [0.2, 0.25) is 10.0 Å². The summed E-state index contributed by atoms with van der Waals surface area (Å²) in [6.07, 6.45) is 1.19. The number of carbonyl (C=O) groups excluding carboxylic acids is 2. The summed E-state index contributed by atoms with van der Waals surface area (Å²) in [6, 6.07) is 20.0. The molecular weight excluding hydrogens is 497 g/mol. The zero-order chi connectivity index (χ0) is 25.5. The molecule has 0 bridgehead atoms. The number of halogens is 2. The van der Waals surface area contributed by atoms with Crippen molar-refractivity contribution in [3.63, 3.8) is 0 Å². The summed E-state index contributed by atoms with van der Waals surface area (Å²) in [5.74, 6) is 0.664. The van der Waals surface area contributed by atoms with Crippen LogP contribution in [0.5, 0.6) is 5.75 Å². The number of ether oxygens (including phenoxy) is 1. The minimum Gasteiger partial charge on any atom is -0.494 e. The fraction of sp³-hybridized carbons (Fsp3) is 0.286. The first-order valence-electron chi connectivity index (χ1n) is 12.0. The van der Waals surface area contributed by atoms with E-state index in [1.165, 1.54) is 0 Å². The molecule has 6 nitrogen and oxygen atoms in total. The molecule has 1 fully saturated rings. The molecular formula is C28H29Cl2N3O3. The van der Waals surface area contributed by atoms with E-state index in [9.17, 15) is 9.59 Å². The van der Waals surface area contributed by atoms with Gasteiger partial charge in [-0.2, -0.15) is 0 Å². The molecule has 1 heterocycles. The highest BCUT2D eigenvalue weighted by atomic mass is 35.5. The van der Waals surface area contributed by atoms with Crippen molar-refractivity contribution in [3.05, 3.63) is 87.9 Å². The van der Waals surface area contributed by atoms with Crippen molar-refractivity contribution < 1.29 is 14.3 Å². The number of rotatable bonds is 8. The fourth-order valence-electron chi connectivity index (χ4n) is 4.08. The van der Waals surface area contributed by atoms with Gasteiger partial charge in [0.2, 0.25) is 5.91 Å². The van der Waals surface area contributed by atoms with Crippen LogP contribution in [-0.2, 0) is 11.2 Å². The minimum atomic E-state index is -0.127. The van der Waals surface area contributed by atoms with E-state index in [-0.39, 0.29) is 18.2 Å². The van der Waals surface area contributed by atoms with Crippen LogP contribution in [0.4, 0.5) is 11.4 Å². The Morgan fingerprint density at radius 3 is 2.25 bits per heavy atom. The monoisotopic (exact) mass is 525 g/mol. The molecule has 8 heteroatoms. The molecule has 0 atom stereocenters. The third-order valence-electron chi connectivity index (χ3n) is 5.99. The Hall–Kier alpha value is -3.22. The van der Waals surface area contributed by atoms with Crippen molar-refractivity contribution in [3.8, 4) is 5.75 Å². The molecule has 0 aliphatic carbocycles. The third-order valence-corrected chi connectivity index (χ3v) is 6.55. The summed E-state index contributed by atoms with van der Waals surface area (Å²) in [5.41, 5.74) is 3.07. The molecule has 3 aromatic rings. The van der Waals surface area contributed by atoms with E-state index in [1.807, 2.05) is 53.4 Å². The van der Waals surface area contributed by atoms with Gasteiger partial charge in [-0.15, -0.1) is 0 Å². The van der Waals surface area contributed by atoms with Gasteiger partial charge in [-0.3, -0.25) is 9.59 Å². The molecule has 2 amide bonds. The lowest BCUT2D eigenvalue weighted by atomic mass is 10.1. The molecule has 1 N–H and O–H groups in total. The van der Waals surface area contributed by atoms with Crippen LogP contribution < -0.4 is 15.0 Å². The molecule has 1 aliphatic heterocycles. The van der Waals surface area contributed by atoms with Crippen LogP contribution in [0.15, 0.2) is 66.7 Å². The highest BCUT2D eigenvalue weighted by molar-refractivity contribution is 6.33. The van der Waals surface area contributed by atoms with Crippen LogP contribution in [0.25, 0.3) is 0 Å². The maximum absolute atomic E-state index is 12.9. The summed E-state index contributed by atoms with van der Waals surface area (Å²) < 4.78 is 5.60. The van der Waals surface area contributed by atoms with Crippen molar-refractivity contribution in [1.82, 2.24) is 4.90 Å². The van der Waals surface area contributed by atoms with Gasteiger partial charge in [-0.05, 0) is 66.6 Å². The van der Waals surface area contributed by atoms with Crippen LogP contribution in [0.1, 0.15) is 29.3 Å². The predicted molar refractivity (Wildman–Crippen MR) is 146 cm³/mol. The first kappa shape index (κ1) is 25.9. The molecule has 188 valence electrons. The molecule has 3 aromatic carbocycles. The topological polar surface area (TPSA) is 61.9 Å². The number of hydrogen-bond donors (Lipinski definition) is 1. The van der Waals surface area contributed by atoms with Gasteiger partial charge < -0.3 is 19.9 Å². The molecule has 36 heavy (non-hydrogen) atoms. The van der Waals surface area contributed by atoms with E-state index in [0.717, 1.165) is 23.4 Å². The Morgan fingerprint density at radius 2 is 1.61 bits per heavy atom. The number of carbonyl (C=O) groups is 2. The van der Waals surface area contributed by atoms with E-state index >= 15 is 0 Å². The second-order valence-electron chi connectivity index (χ2n) is 8.67. The van der Waals surface area contributed by atoms with Crippen LogP contribution in [0.3, 0.4) is 0 Å². The lowest BCUT2D eigenvalue weighted by Gasteiger charge is -2.36. The molecule has 1 aliphatic rings. The SMILES string of the molecule is CCCOc1ccc(C(=O)N2CCN(c3ccc(NC(=O)Cc4ccc(Cl)cc4)cc3Cl)CC2)cc1. The van der Waals surface area contributed by atoms with Gasteiger partial charge in [0.1, 0.15) is 5.75 Å². The summed E-state index contributed by atoms with van der Waals surface area (Å²) in [4.78, 5) is 29.3. The number of piperazine rings is 1. The first-order valence-corrected chi connectivity index (χ1v) is 12.8. The Bertz CT molecular complexity index is 1190. The second-order valence-corrected chi connectivity index (χ2v) is 9.51. The minimum absolute atomic E-state index is 0.0153. The smallest absolute Gasteiger partial charge is 0.253 e. The van der Waals surface area contributed by atoms with Crippen molar-refractivity contribution in [2.75, 3.05) is 43.0 Å². The second kappa shape index (κ2) is 12.2. The maximum atomic E-state index is 12.9. The summed E-state index contributed by atoms with van der Waals surface area (Å²) in [6.45, 7) is 5.26. The molecule has 4 rings (SSSR count). The van der Waals surface area contributed by atoms with E-state index < -0.39 is 0 Å². The Morgan fingerprint density at radius 1 is 0.917 bits per heavy atom. The largest absolute Gasteiger partial charge is 0.494 e. The van der Waals surface area contributed by atoms with Crippen molar-refractivity contribution in [2.45, 2.75) is 19.8 Å². The number of hydrogen-bond acceptors (Lipinski definition) is 4. The Balaban J connectivity index is 1.30. The summed E-state index contributed by atoms with van der Waals surface area (Å²) in [5, 5.41) is 4.09. The zero-order valence-electron chi connectivity index (χ0n) is 20.2. The van der Waals surface area contributed by atoms with Gasteiger partial charge >= 0.3 is 0 Å². The lowest BCUT2D eigenvalue weighted by Crippen LogP contribution is -2.48. The van der Waals surface area contributed by atoms with E-state index in [1.54, 1.807) is 18.2 Å². The van der Waals surface area contributed by atoms with Crippen LogP contribution >= 0.6 is 23.2 Å². The van der Waals surface area contributed by atoms with E-state index in [4.69, 9.17) is 27.9 Å². The molecule has 0 saturated carbocycles. The van der Waals surface area contributed by atoms with Crippen molar-refractivity contribution in [1.29, 1.82) is 0 Å². The lowest BCUT2D eigenvalue weighted by molar-refractivity contribution is -0.115. The van der Waals surface area contributed by atoms with Crippen molar-refractivity contribution >= 4 is 46.4 Å². The number of anilines is 2. The number of benzene rings is 3. The van der Waals surface area contributed by atoms with Crippen LogP contribution in [-0.4, -0.2) is 49.5 Å². The molecule has 1 saturated heterocycles. The molecule has 0 radical (unpaired) electrons. The first-order chi connectivity index (χ1) is 17.4. The average Bonchev–Trinajstić information content (AvgIpc) is 2.89.